The maximum absolute atomic E-state index is 12.6. The summed E-state index contributed by atoms with van der Waals surface area (Å²) in [5, 5.41) is 3.91. The molecule has 0 saturated heterocycles. The van der Waals surface area contributed by atoms with Crippen LogP contribution < -0.4 is 5.32 Å². The molecule has 1 aromatic rings. The quantitative estimate of drug-likeness (QED) is 0.755. The number of nitrogens with zero attached hydrogens (tertiary/aromatic N) is 1. The molecule has 3 atom stereocenters. The second-order valence-corrected chi connectivity index (χ2v) is 10.7. The van der Waals surface area contributed by atoms with Gasteiger partial charge in [-0.05, 0) is 61.1 Å². The van der Waals surface area contributed by atoms with Gasteiger partial charge in [0, 0.05) is 11.7 Å². The van der Waals surface area contributed by atoms with Gasteiger partial charge >= 0.3 is 0 Å². The van der Waals surface area contributed by atoms with Crippen LogP contribution in [-0.4, -0.2) is 37.1 Å². The number of benzene rings is 1. The fourth-order valence-corrected chi connectivity index (χ4v) is 5.63. The Bertz CT molecular complexity index is 971. The summed E-state index contributed by atoms with van der Waals surface area (Å²) in [5.74, 6) is -1.16. The van der Waals surface area contributed by atoms with E-state index < -0.39 is 21.9 Å². The van der Waals surface area contributed by atoms with Crippen LogP contribution in [0.15, 0.2) is 18.2 Å². The van der Waals surface area contributed by atoms with Gasteiger partial charge in [-0.1, -0.05) is 20.8 Å². The van der Waals surface area contributed by atoms with E-state index in [4.69, 9.17) is 4.28 Å². The molecule has 2 fully saturated rings. The number of imide groups is 1. The number of carbonyl (C=O) groups excluding carboxylic acids is 2. The number of amides is 2. The van der Waals surface area contributed by atoms with Gasteiger partial charge in [0.25, 0.3) is 21.9 Å². The Labute approximate surface area is 165 Å². The highest BCUT2D eigenvalue weighted by molar-refractivity contribution is 7.86. The standard InChI is InChI=1S/C20H26N2O5S/c1-5-28(25,26)27-22-17(23)14-7-6-13(11-15(14)18(22)24)21-16-10-12-8-9-20(16,4)19(12,2)3/h6-7,11-12,16,21H,5,8-10H2,1-4H3/t12?,16?,20-/m1/s1. The number of hydroxylamine groups is 2. The molecule has 1 aromatic carbocycles. The Morgan fingerprint density at radius 3 is 2.43 bits per heavy atom. The number of hydrogen-bond donors (Lipinski definition) is 1. The van der Waals surface area contributed by atoms with Crippen molar-refractivity contribution in [3.8, 4) is 0 Å². The average Bonchev–Trinajstić information content (AvgIpc) is 3.08. The van der Waals surface area contributed by atoms with E-state index in [1.807, 2.05) is 0 Å². The third-order valence-corrected chi connectivity index (χ3v) is 8.61. The summed E-state index contributed by atoms with van der Waals surface area (Å²) in [6, 6.07) is 5.24. The van der Waals surface area contributed by atoms with Gasteiger partial charge in [0.15, 0.2) is 0 Å². The van der Waals surface area contributed by atoms with Gasteiger partial charge < -0.3 is 5.32 Å². The third kappa shape index (κ3) is 2.61. The van der Waals surface area contributed by atoms with Crippen LogP contribution in [0.4, 0.5) is 5.69 Å². The second kappa shape index (κ2) is 6.03. The Morgan fingerprint density at radius 1 is 1.18 bits per heavy atom. The minimum Gasteiger partial charge on any atom is -0.382 e. The van der Waals surface area contributed by atoms with E-state index >= 15 is 0 Å². The van der Waals surface area contributed by atoms with Crippen LogP contribution in [0.3, 0.4) is 0 Å². The van der Waals surface area contributed by atoms with Crippen molar-refractivity contribution in [2.75, 3.05) is 11.1 Å². The van der Waals surface area contributed by atoms with Crippen molar-refractivity contribution < 1.29 is 22.3 Å². The molecule has 1 N–H and O–H groups in total. The lowest BCUT2D eigenvalue weighted by molar-refractivity contribution is -0.0102. The largest absolute Gasteiger partial charge is 0.382 e. The Morgan fingerprint density at radius 2 is 1.86 bits per heavy atom. The number of carbonyl (C=O) groups is 2. The Hall–Kier alpha value is -1.93. The predicted molar refractivity (Wildman–Crippen MR) is 104 cm³/mol. The van der Waals surface area contributed by atoms with Gasteiger partial charge in [-0.25, -0.2) is 0 Å². The molecule has 152 valence electrons. The van der Waals surface area contributed by atoms with E-state index in [0.717, 1.165) is 12.1 Å². The van der Waals surface area contributed by atoms with Crippen LogP contribution in [0.25, 0.3) is 0 Å². The first-order valence-corrected chi connectivity index (χ1v) is 11.3. The topological polar surface area (TPSA) is 92.8 Å². The molecule has 1 heterocycles. The summed E-state index contributed by atoms with van der Waals surface area (Å²) >= 11 is 0. The highest BCUT2D eigenvalue weighted by Gasteiger charge is 2.61. The average molecular weight is 407 g/mol. The van der Waals surface area contributed by atoms with Gasteiger partial charge in [0.05, 0.1) is 16.9 Å². The van der Waals surface area contributed by atoms with Crippen molar-refractivity contribution in [2.24, 2.45) is 16.7 Å². The Balaban J connectivity index is 1.58. The van der Waals surface area contributed by atoms with Crippen molar-refractivity contribution in [3.05, 3.63) is 29.3 Å². The van der Waals surface area contributed by atoms with Gasteiger partial charge in [-0.15, -0.1) is 9.35 Å². The zero-order valence-electron chi connectivity index (χ0n) is 16.6. The smallest absolute Gasteiger partial charge is 0.288 e. The van der Waals surface area contributed by atoms with Crippen LogP contribution in [0.2, 0.25) is 0 Å². The molecule has 2 amide bonds. The van der Waals surface area contributed by atoms with Crippen LogP contribution in [0.1, 0.15) is 67.7 Å². The lowest BCUT2D eigenvalue weighted by Crippen LogP contribution is -2.40. The first kappa shape index (κ1) is 19.4. The maximum atomic E-state index is 12.6. The fourth-order valence-electron chi connectivity index (χ4n) is 5.17. The molecule has 1 aliphatic heterocycles. The van der Waals surface area contributed by atoms with Gasteiger partial charge in [0.2, 0.25) is 0 Å². The number of anilines is 1. The van der Waals surface area contributed by atoms with Gasteiger partial charge in [0.1, 0.15) is 0 Å². The summed E-state index contributed by atoms with van der Waals surface area (Å²) in [5.41, 5.74) is 1.50. The number of fused-ring (bicyclic) bond motifs is 3. The van der Waals surface area contributed by atoms with Gasteiger partial charge in [-0.2, -0.15) is 8.42 Å². The van der Waals surface area contributed by atoms with E-state index in [1.165, 1.54) is 19.8 Å². The minimum absolute atomic E-state index is 0.154. The predicted octanol–water partition coefficient (Wildman–Crippen LogP) is 3.19. The summed E-state index contributed by atoms with van der Waals surface area (Å²) in [6.45, 7) is 8.37. The number of hydrogen-bond acceptors (Lipinski definition) is 6. The van der Waals surface area contributed by atoms with Crippen molar-refractivity contribution in [1.82, 2.24) is 5.06 Å². The molecule has 0 radical (unpaired) electrons. The van der Waals surface area contributed by atoms with E-state index in [0.29, 0.717) is 17.0 Å². The monoisotopic (exact) mass is 406 g/mol. The van der Waals surface area contributed by atoms with Gasteiger partial charge in [-0.3, -0.25) is 9.59 Å². The van der Waals surface area contributed by atoms with Crippen LogP contribution in [-0.2, 0) is 14.4 Å². The molecule has 0 spiro atoms. The normalized spacial score (nSPS) is 30.8. The lowest BCUT2D eigenvalue weighted by atomic mass is 9.69. The molecule has 3 aliphatic rings. The molecule has 4 rings (SSSR count). The molecule has 0 aromatic heterocycles. The van der Waals surface area contributed by atoms with Crippen molar-refractivity contribution in [2.45, 2.75) is 53.0 Å². The highest BCUT2D eigenvalue weighted by Crippen LogP contribution is 2.65. The number of rotatable bonds is 5. The summed E-state index contributed by atoms with van der Waals surface area (Å²) < 4.78 is 28.1. The van der Waals surface area contributed by atoms with E-state index in [1.54, 1.807) is 18.2 Å². The highest BCUT2D eigenvalue weighted by atomic mass is 32.2. The minimum atomic E-state index is -3.97. The zero-order valence-corrected chi connectivity index (χ0v) is 17.4. The molecule has 2 aliphatic carbocycles. The molecule has 2 saturated carbocycles. The zero-order chi connectivity index (χ0) is 20.5. The number of nitrogens with one attached hydrogen (secondary N) is 1. The maximum Gasteiger partial charge on any atom is 0.288 e. The van der Waals surface area contributed by atoms with Crippen LogP contribution >= 0.6 is 0 Å². The third-order valence-electron chi connectivity index (χ3n) is 7.53. The van der Waals surface area contributed by atoms with E-state index in [-0.39, 0.29) is 27.7 Å². The Kier molecular flexibility index (Phi) is 4.18. The van der Waals surface area contributed by atoms with Crippen molar-refractivity contribution >= 4 is 27.6 Å². The van der Waals surface area contributed by atoms with Crippen LogP contribution in [0, 0.1) is 16.7 Å². The molecule has 28 heavy (non-hydrogen) atoms. The molecule has 7 nitrogen and oxygen atoms in total. The first-order valence-electron chi connectivity index (χ1n) is 9.72. The van der Waals surface area contributed by atoms with E-state index in [2.05, 4.69) is 26.1 Å². The molecule has 8 heteroatoms. The van der Waals surface area contributed by atoms with Crippen molar-refractivity contribution in [1.29, 1.82) is 0 Å². The second-order valence-electron chi connectivity index (χ2n) is 8.89. The summed E-state index contributed by atoms with van der Waals surface area (Å²) in [4.78, 5) is 25.0. The van der Waals surface area contributed by atoms with E-state index in [9.17, 15) is 18.0 Å². The SMILES string of the molecule is CCS(=O)(=O)ON1C(=O)c2ccc(NC3CC4CC[C@@]3(C)C4(C)C)cc2C1=O. The summed E-state index contributed by atoms with van der Waals surface area (Å²) in [6.07, 6.45) is 3.50. The molecule has 2 unspecified atom stereocenters. The molecular formula is C20H26N2O5S. The van der Waals surface area contributed by atoms with Crippen LogP contribution in [0.5, 0.6) is 0 Å². The summed E-state index contributed by atoms with van der Waals surface area (Å²) in [7, 11) is -3.97. The lowest BCUT2D eigenvalue weighted by Gasteiger charge is -2.40. The fraction of sp³-hybridized carbons (Fsp3) is 0.600. The molecular weight excluding hydrogens is 380 g/mol. The molecule has 2 bridgehead atoms. The first-order chi connectivity index (χ1) is 13.0. The van der Waals surface area contributed by atoms with Crippen molar-refractivity contribution in [3.63, 3.8) is 0 Å².